The first kappa shape index (κ1) is 13.9. The van der Waals surface area contributed by atoms with E-state index < -0.39 is 0 Å². The van der Waals surface area contributed by atoms with Gasteiger partial charge in [-0.15, -0.1) is 11.8 Å². The van der Waals surface area contributed by atoms with Crippen LogP contribution in [0.2, 0.25) is 0 Å². The summed E-state index contributed by atoms with van der Waals surface area (Å²) in [7, 11) is 0. The molecule has 1 aliphatic heterocycles. The van der Waals surface area contributed by atoms with Crippen molar-refractivity contribution in [3.05, 3.63) is 29.8 Å². The van der Waals surface area contributed by atoms with Crippen LogP contribution in [0.1, 0.15) is 19.4 Å². The number of rotatable bonds is 7. The molecule has 0 spiro atoms. The zero-order chi connectivity index (χ0) is 12.8. The molecular formula is C15H24N2S. The van der Waals surface area contributed by atoms with Crippen LogP contribution >= 0.6 is 11.8 Å². The highest BCUT2D eigenvalue weighted by Gasteiger charge is 2.20. The van der Waals surface area contributed by atoms with E-state index >= 15 is 0 Å². The summed E-state index contributed by atoms with van der Waals surface area (Å²) in [5.74, 6) is 0.741. The Balaban J connectivity index is 1.57. The van der Waals surface area contributed by atoms with Gasteiger partial charge in [-0.2, -0.15) is 0 Å². The molecule has 1 aliphatic rings. The topological polar surface area (TPSA) is 24.1 Å². The Kier molecular flexibility index (Phi) is 5.54. The van der Waals surface area contributed by atoms with Crippen molar-refractivity contribution >= 4 is 11.8 Å². The molecule has 0 saturated carbocycles. The molecule has 0 amide bonds. The van der Waals surface area contributed by atoms with E-state index in [1.165, 1.54) is 16.9 Å². The number of thioether (sulfide) groups is 1. The Labute approximate surface area is 115 Å². The van der Waals surface area contributed by atoms with Gasteiger partial charge < -0.3 is 10.6 Å². The highest BCUT2D eigenvalue weighted by atomic mass is 32.2. The molecule has 0 radical (unpaired) electrons. The van der Waals surface area contributed by atoms with Gasteiger partial charge in [0.1, 0.15) is 0 Å². The Morgan fingerprint density at radius 1 is 1.22 bits per heavy atom. The molecular weight excluding hydrogens is 240 g/mol. The molecule has 1 atom stereocenters. The molecule has 3 heteroatoms. The molecule has 2 rings (SSSR count). The molecule has 0 aromatic heterocycles. The predicted molar refractivity (Wildman–Crippen MR) is 80.4 cm³/mol. The second-order valence-corrected chi connectivity index (χ2v) is 6.70. The van der Waals surface area contributed by atoms with Crippen molar-refractivity contribution in [3.8, 4) is 0 Å². The first-order valence-corrected chi connectivity index (χ1v) is 7.79. The van der Waals surface area contributed by atoms with Crippen LogP contribution in [0.5, 0.6) is 0 Å². The maximum Gasteiger partial charge on any atom is 0.0260 e. The molecule has 2 nitrogen and oxygen atoms in total. The number of benzene rings is 1. The molecule has 1 aromatic carbocycles. The van der Waals surface area contributed by atoms with E-state index in [0.29, 0.717) is 5.25 Å². The maximum absolute atomic E-state index is 3.55. The summed E-state index contributed by atoms with van der Waals surface area (Å²) in [6, 6.07) is 8.78. The monoisotopic (exact) mass is 264 g/mol. The highest BCUT2D eigenvalue weighted by Crippen LogP contribution is 2.36. The lowest BCUT2D eigenvalue weighted by atomic mass is 10.1. The average Bonchev–Trinajstić information content (AvgIpc) is 2.75. The predicted octanol–water partition coefficient (Wildman–Crippen LogP) is 2.54. The summed E-state index contributed by atoms with van der Waals surface area (Å²) < 4.78 is 0. The summed E-state index contributed by atoms with van der Waals surface area (Å²) in [6.07, 6.45) is 1.22. The second-order valence-electron chi connectivity index (χ2n) is 5.35. The van der Waals surface area contributed by atoms with Gasteiger partial charge in [-0.1, -0.05) is 32.0 Å². The summed E-state index contributed by atoms with van der Waals surface area (Å²) in [4.78, 5) is 1.47. The van der Waals surface area contributed by atoms with Gasteiger partial charge in [-0.25, -0.2) is 0 Å². The third kappa shape index (κ3) is 4.30. The third-order valence-electron chi connectivity index (χ3n) is 3.12. The van der Waals surface area contributed by atoms with Crippen LogP contribution in [0.25, 0.3) is 0 Å². The Bertz CT molecular complexity index is 340. The van der Waals surface area contributed by atoms with Gasteiger partial charge in [-0.05, 0) is 30.5 Å². The third-order valence-corrected chi connectivity index (χ3v) is 4.44. The lowest BCUT2D eigenvalue weighted by Gasteiger charge is -2.11. The van der Waals surface area contributed by atoms with E-state index in [1.807, 2.05) is 11.8 Å². The first-order valence-electron chi connectivity index (χ1n) is 6.91. The van der Waals surface area contributed by atoms with Crippen LogP contribution in [0, 0.1) is 5.92 Å². The number of hydrogen-bond donors (Lipinski definition) is 2. The van der Waals surface area contributed by atoms with Crippen molar-refractivity contribution in [2.45, 2.75) is 30.4 Å². The van der Waals surface area contributed by atoms with E-state index in [2.05, 4.69) is 48.7 Å². The molecule has 2 N–H and O–H groups in total. The van der Waals surface area contributed by atoms with Gasteiger partial charge in [0.15, 0.2) is 0 Å². The summed E-state index contributed by atoms with van der Waals surface area (Å²) in [5, 5.41) is 7.73. The molecule has 1 unspecified atom stereocenters. The second kappa shape index (κ2) is 7.17. The highest BCUT2D eigenvalue weighted by molar-refractivity contribution is 8.00. The summed E-state index contributed by atoms with van der Waals surface area (Å²) >= 11 is 2.02. The summed E-state index contributed by atoms with van der Waals surface area (Å²) in [5.41, 5.74) is 1.52. The van der Waals surface area contributed by atoms with Crippen LogP contribution in [-0.4, -0.2) is 31.4 Å². The molecule has 18 heavy (non-hydrogen) atoms. The normalized spacial score (nSPS) is 18.3. The van der Waals surface area contributed by atoms with Gasteiger partial charge in [0, 0.05) is 29.8 Å². The molecule has 0 fully saturated rings. The van der Waals surface area contributed by atoms with Crippen LogP contribution < -0.4 is 10.6 Å². The maximum atomic E-state index is 3.55. The Morgan fingerprint density at radius 3 is 2.78 bits per heavy atom. The van der Waals surface area contributed by atoms with E-state index in [1.54, 1.807) is 0 Å². The van der Waals surface area contributed by atoms with Crippen molar-refractivity contribution < 1.29 is 0 Å². The molecule has 0 aliphatic carbocycles. The molecule has 0 saturated heterocycles. The van der Waals surface area contributed by atoms with E-state index in [-0.39, 0.29) is 0 Å². The van der Waals surface area contributed by atoms with Gasteiger partial charge in [0.2, 0.25) is 0 Å². The largest absolute Gasteiger partial charge is 0.315 e. The standard InChI is InChI=1S/C15H24N2S/c1-12(2)10-16-7-8-17-11-14-9-13-5-3-4-6-15(13)18-14/h3-6,12,14,16-17H,7-11H2,1-2H3. The molecule has 100 valence electrons. The van der Waals surface area contributed by atoms with Gasteiger partial charge in [-0.3, -0.25) is 0 Å². The summed E-state index contributed by atoms with van der Waals surface area (Å²) in [6.45, 7) is 8.86. The van der Waals surface area contributed by atoms with Crippen molar-refractivity contribution in [1.82, 2.24) is 10.6 Å². The fourth-order valence-electron chi connectivity index (χ4n) is 2.20. The fraction of sp³-hybridized carbons (Fsp3) is 0.600. The zero-order valence-corrected chi connectivity index (χ0v) is 12.2. The number of hydrogen-bond acceptors (Lipinski definition) is 3. The van der Waals surface area contributed by atoms with Crippen LogP contribution in [-0.2, 0) is 6.42 Å². The van der Waals surface area contributed by atoms with Crippen molar-refractivity contribution in [2.75, 3.05) is 26.2 Å². The van der Waals surface area contributed by atoms with E-state index in [0.717, 1.165) is 32.1 Å². The molecule has 1 heterocycles. The SMILES string of the molecule is CC(C)CNCCNCC1Cc2ccccc2S1. The van der Waals surface area contributed by atoms with Gasteiger partial charge >= 0.3 is 0 Å². The van der Waals surface area contributed by atoms with Crippen LogP contribution in [0.3, 0.4) is 0 Å². The minimum atomic E-state index is 0.715. The van der Waals surface area contributed by atoms with Crippen LogP contribution in [0.4, 0.5) is 0 Å². The van der Waals surface area contributed by atoms with E-state index in [4.69, 9.17) is 0 Å². The van der Waals surface area contributed by atoms with Crippen molar-refractivity contribution in [2.24, 2.45) is 5.92 Å². The van der Waals surface area contributed by atoms with Crippen LogP contribution in [0.15, 0.2) is 29.2 Å². The van der Waals surface area contributed by atoms with Crippen molar-refractivity contribution in [3.63, 3.8) is 0 Å². The molecule has 0 bridgehead atoms. The zero-order valence-electron chi connectivity index (χ0n) is 11.4. The minimum absolute atomic E-state index is 0.715. The molecule has 1 aromatic rings. The lowest BCUT2D eigenvalue weighted by molar-refractivity contribution is 0.534. The van der Waals surface area contributed by atoms with Gasteiger partial charge in [0.05, 0.1) is 0 Å². The smallest absolute Gasteiger partial charge is 0.0260 e. The lowest BCUT2D eigenvalue weighted by Crippen LogP contribution is -2.33. The first-order chi connectivity index (χ1) is 8.75. The fourth-order valence-corrected chi connectivity index (χ4v) is 3.48. The Morgan fingerprint density at radius 2 is 2.00 bits per heavy atom. The Hall–Kier alpha value is -0.510. The number of nitrogens with one attached hydrogen (secondary N) is 2. The van der Waals surface area contributed by atoms with Crippen molar-refractivity contribution in [1.29, 1.82) is 0 Å². The van der Waals surface area contributed by atoms with Gasteiger partial charge in [0.25, 0.3) is 0 Å². The number of fused-ring (bicyclic) bond motifs is 1. The average molecular weight is 264 g/mol. The quantitative estimate of drug-likeness (QED) is 0.740. The minimum Gasteiger partial charge on any atom is -0.315 e. The van der Waals surface area contributed by atoms with E-state index in [9.17, 15) is 0 Å².